The van der Waals surface area contributed by atoms with E-state index in [-0.39, 0.29) is 18.4 Å². The Kier molecular flexibility index (Phi) is 7.59. The first-order valence-electron chi connectivity index (χ1n) is 6.33. The van der Waals surface area contributed by atoms with Gasteiger partial charge in [0, 0.05) is 6.42 Å². The maximum absolute atomic E-state index is 11.2. The summed E-state index contributed by atoms with van der Waals surface area (Å²) in [6.45, 7) is 8.72. The predicted octanol–water partition coefficient (Wildman–Crippen LogP) is 2.27. The van der Waals surface area contributed by atoms with Gasteiger partial charge in [0.2, 0.25) is 5.91 Å². The fourth-order valence-corrected chi connectivity index (χ4v) is 1.26. The van der Waals surface area contributed by atoms with Gasteiger partial charge in [0.15, 0.2) is 0 Å². The smallest absolute Gasteiger partial charge is 0.325 e. The van der Waals surface area contributed by atoms with Crippen molar-refractivity contribution in [3.63, 3.8) is 0 Å². The molecule has 0 unspecified atom stereocenters. The molecule has 100 valence electrons. The third-order valence-electron chi connectivity index (χ3n) is 2.97. The standard InChI is InChI=1S/C13H25NO3/c1-5-11(15)14-10-12(16)17-9-7-8-13(3,4)6-2/h5-10H2,1-4H3,(H,14,15). The zero-order valence-corrected chi connectivity index (χ0v) is 11.5. The van der Waals surface area contributed by atoms with Crippen LogP contribution in [0.25, 0.3) is 0 Å². The van der Waals surface area contributed by atoms with Crippen LogP contribution in [0.5, 0.6) is 0 Å². The molecule has 0 aromatic heterocycles. The van der Waals surface area contributed by atoms with Crippen LogP contribution in [0.2, 0.25) is 0 Å². The zero-order valence-electron chi connectivity index (χ0n) is 11.5. The average molecular weight is 243 g/mol. The van der Waals surface area contributed by atoms with Gasteiger partial charge in [-0.2, -0.15) is 0 Å². The molecule has 0 saturated heterocycles. The summed E-state index contributed by atoms with van der Waals surface area (Å²) in [4.78, 5) is 22.1. The van der Waals surface area contributed by atoms with Gasteiger partial charge in [-0.25, -0.2) is 0 Å². The molecule has 4 nitrogen and oxygen atoms in total. The van der Waals surface area contributed by atoms with Crippen LogP contribution >= 0.6 is 0 Å². The molecule has 0 heterocycles. The molecule has 0 fully saturated rings. The number of carbonyl (C=O) groups is 2. The van der Waals surface area contributed by atoms with Gasteiger partial charge >= 0.3 is 5.97 Å². The molecule has 4 heteroatoms. The minimum Gasteiger partial charge on any atom is -0.464 e. The highest BCUT2D eigenvalue weighted by molar-refractivity contribution is 5.81. The fraction of sp³-hybridized carbons (Fsp3) is 0.846. The molecule has 0 aliphatic heterocycles. The Balaban J connectivity index is 3.55. The summed E-state index contributed by atoms with van der Waals surface area (Å²) in [5, 5.41) is 2.49. The van der Waals surface area contributed by atoms with Crippen molar-refractivity contribution in [2.24, 2.45) is 5.41 Å². The lowest BCUT2D eigenvalue weighted by atomic mass is 9.85. The maximum Gasteiger partial charge on any atom is 0.325 e. The molecule has 0 saturated carbocycles. The summed E-state index contributed by atoms with van der Waals surface area (Å²) in [7, 11) is 0. The van der Waals surface area contributed by atoms with Gasteiger partial charge in [-0.15, -0.1) is 0 Å². The molecule has 0 spiro atoms. The Labute approximate surface area is 104 Å². The first-order valence-corrected chi connectivity index (χ1v) is 6.33. The molecule has 0 bridgehead atoms. The normalized spacial score (nSPS) is 11.1. The van der Waals surface area contributed by atoms with Gasteiger partial charge < -0.3 is 10.1 Å². The second kappa shape index (κ2) is 8.09. The van der Waals surface area contributed by atoms with E-state index in [0.717, 1.165) is 19.3 Å². The van der Waals surface area contributed by atoms with Gasteiger partial charge in [0.25, 0.3) is 0 Å². The molecule has 0 atom stereocenters. The van der Waals surface area contributed by atoms with Crippen LogP contribution in [-0.4, -0.2) is 25.0 Å². The number of amides is 1. The highest BCUT2D eigenvalue weighted by atomic mass is 16.5. The van der Waals surface area contributed by atoms with Gasteiger partial charge in [0.05, 0.1) is 6.61 Å². The Hall–Kier alpha value is -1.06. The lowest BCUT2D eigenvalue weighted by Crippen LogP contribution is -2.30. The molecule has 0 aliphatic rings. The molecule has 0 radical (unpaired) electrons. The quantitative estimate of drug-likeness (QED) is 0.525. The SMILES string of the molecule is CCC(=O)NCC(=O)OCCCC(C)(C)CC. The van der Waals surface area contributed by atoms with Crippen molar-refractivity contribution in [1.29, 1.82) is 0 Å². The topological polar surface area (TPSA) is 55.4 Å². The van der Waals surface area contributed by atoms with Crippen molar-refractivity contribution in [3.8, 4) is 0 Å². The highest BCUT2D eigenvalue weighted by Crippen LogP contribution is 2.25. The summed E-state index contributed by atoms with van der Waals surface area (Å²) >= 11 is 0. The Morgan fingerprint density at radius 1 is 1.24 bits per heavy atom. The number of esters is 1. The van der Waals surface area contributed by atoms with Crippen LogP contribution in [0.1, 0.15) is 53.4 Å². The van der Waals surface area contributed by atoms with Crippen LogP contribution in [0, 0.1) is 5.41 Å². The molecule has 0 aliphatic carbocycles. The van der Waals surface area contributed by atoms with Crippen LogP contribution in [0.3, 0.4) is 0 Å². The number of nitrogens with one attached hydrogen (secondary N) is 1. The van der Waals surface area contributed by atoms with E-state index in [1.165, 1.54) is 0 Å². The average Bonchev–Trinajstić information content (AvgIpc) is 2.31. The molecule has 1 amide bonds. The number of rotatable bonds is 8. The van der Waals surface area contributed by atoms with Crippen molar-refractivity contribution in [2.75, 3.05) is 13.2 Å². The fourth-order valence-electron chi connectivity index (χ4n) is 1.26. The number of hydrogen-bond acceptors (Lipinski definition) is 3. The molecule has 17 heavy (non-hydrogen) atoms. The van der Waals surface area contributed by atoms with E-state index in [1.807, 2.05) is 0 Å². The third kappa shape index (κ3) is 8.72. The third-order valence-corrected chi connectivity index (χ3v) is 2.97. The van der Waals surface area contributed by atoms with Gasteiger partial charge in [-0.3, -0.25) is 9.59 Å². The molecular formula is C13H25NO3. The Morgan fingerprint density at radius 2 is 1.88 bits per heavy atom. The Bertz CT molecular complexity index is 249. The maximum atomic E-state index is 11.2. The number of carbonyl (C=O) groups excluding carboxylic acids is 2. The first kappa shape index (κ1) is 15.9. The van der Waals surface area contributed by atoms with Crippen molar-refractivity contribution >= 4 is 11.9 Å². The minimum absolute atomic E-state index is 0.0240. The lowest BCUT2D eigenvalue weighted by Gasteiger charge is -2.21. The van der Waals surface area contributed by atoms with Crippen LogP contribution in [0.15, 0.2) is 0 Å². The molecule has 0 aromatic carbocycles. The first-order chi connectivity index (χ1) is 7.91. The highest BCUT2D eigenvalue weighted by Gasteiger charge is 2.14. The lowest BCUT2D eigenvalue weighted by molar-refractivity contribution is -0.144. The monoisotopic (exact) mass is 243 g/mol. The molecule has 0 aromatic rings. The van der Waals surface area contributed by atoms with E-state index >= 15 is 0 Å². The summed E-state index contributed by atoms with van der Waals surface area (Å²) in [6.07, 6.45) is 3.41. The second-order valence-electron chi connectivity index (χ2n) is 4.97. The summed E-state index contributed by atoms with van der Waals surface area (Å²) in [5.41, 5.74) is 0.308. The molecule has 1 N–H and O–H groups in total. The largest absolute Gasteiger partial charge is 0.464 e. The molecule has 0 rings (SSSR count). The van der Waals surface area contributed by atoms with E-state index < -0.39 is 0 Å². The summed E-state index contributed by atoms with van der Waals surface area (Å²) < 4.78 is 5.02. The van der Waals surface area contributed by atoms with Gasteiger partial charge in [-0.05, 0) is 18.3 Å². The van der Waals surface area contributed by atoms with Gasteiger partial charge in [0.1, 0.15) is 6.54 Å². The van der Waals surface area contributed by atoms with Crippen LogP contribution < -0.4 is 5.32 Å². The van der Waals surface area contributed by atoms with Crippen LogP contribution in [0.4, 0.5) is 0 Å². The minimum atomic E-state index is -0.360. The van der Waals surface area contributed by atoms with Gasteiger partial charge in [-0.1, -0.05) is 34.1 Å². The number of ether oxygens (including phenoxy) is 1. The van der Waals surface area contributed by atoms with Crippen molar-refractivity contribution in [2.45, 2.75) is 53.4 Å². The summed E-state index contributed by atoms with van der Waals surface area (Å²) in [6, 6.07) is 0. The zero-order chi connectivity index (χ0) is 13.3. The predicted molar refractivity (Wildman–Crippen MR) is 67.6 cm³/mol. The number of hydrogen-bond donors (Lipinski definition) is 1. The van der Waals surface area contributed by atoms with Crippen molar-refractivity contribution in [3.05, 3.63) is 0 Å². The molecular weight excluding hydrogens is 218 g/mol. The van der Waals surface area contributed by atoms with Crippen LogP contribution in [-0.2, 0) is 14.3 Å². The Morgan fingerprint density at radius 3 is 2.41 bits per heavy atom. The van der Waals surface area contributed by atoms with E-state index in [9.17, 15) is 9.59 Å². The van der Waals surface area contributed by atoms with E-state index in [1.54, 1.807) is 6.92 Å². The van der Waals surface area contributed by atoms with Crippen molar-refractivity contribution in [1.82, 2.24) is 5.32 Å². The van der Waals surface area contributed by atoms with E-state index in [2.05, 4.69) is 26.1 Å². The second-order valence-corrected chi connectivity index (χ2v) is 4.97. The van der Waals surface area contributed by atoms with E-state index in [4.69, 9.17) is 4.74 Å². The van der Waals surface area contributed by atoms with E-state index in [0.29, 0.717) is 18.4 Å². The van der Waals surface area contributed by atoms with Crippen molar-refractivity contribution < 1.29 is 14.3 Å². The summed E-state index contributed by atoms with van der Waals surface area (Å²) in [5.74, 6) is -0.491.